The highest BCUT2D eigenvalue weighted by molar-refractivity contribution is 5.93. The predicted octanol–water partition coefficient (Wildman–Crippen LogP) is 3.81. The van der Waals surface area contributed by atoms with E-state index in [0.29, 0.717) is 12.1 Å². The number of halogens is 1. The number of piperidine rings is 1. The maximum Gasteiger partial charge on any atom is 0.330 e. The number of benzene rings is 1. The summed E-state index contributed by atoms with van der Waals surface area (Å²) in [5, 5.41) is 0. The monoisotopic (exact) mass is 384 g/mol. The SMILES string of the molecule is Cn1cccc1C(=O)N1CCCCC1CCOC(=O)C=Cc1ccc(F)cc1. The Morgan fingerprint density at radius 3 is 2.71 bits per heavy atom. The van der Waals surface area contributed by atoms with Crippen molar-refractivity contribution in [1.82, 2.24) is 9.47 Å². The van der Waals surface area contributed by atoms with Crippen LogP contribution in [0.25, 0.3) is 6.08 Å². The van der Waals surface area contributed by atoms with Crippen molar-refractivity contribution in [3.63, 3.8) is 0 Å². The number of hydrogen-bond acceptors (Lipinski definition) is 3. The van der Waals surface area contributed by atoms with Crippen LogP contribution in [0.4, 0.5) is 4.39 Å². The van der Waals surface area contributed by atoms with Gasteiger partial charge in [-0.1, -0.05) is 12.1 Å². The fourth-order valence-corrected chi connectivity index (χ4v) is 3.48. The summed E-state index contributed by atoms with van der Waals surface area (Å²) in [6.45, 7) is 0.987. The topological polar surface area (TPSA) is 51.5 Å². The van der Waals surface area contributed by atoms with Gasteiger partial charge in [-0.25, -0.2) is 9.18 Å². The highest BCUT2D eigenvalue weighted by atomic mass is 19.1. The lowest BCUT2D eigenvalue weighted by Gasteiger charge is -2.35. The van der Waals surface area contributed by atoms with Gasteiger partial charge in [-0.2, -0.15) is 0 Å². The van der Waals surface area contributed by atoms with Crippen molar-refractivity contribution in [1.29, 1.82) is 0 Å². The first kappa shape index (κ1) is 19.9. The third-order valence-corrected chi connectivity index (χ3v) is 5.03. The van der Waals surface area contributed by atoms with Crippen LogP contribution in [0.5, 0.6) is 0 Å². The molecular formula is C22H25FN2O3. The number of carbonyl (C=O) groups excluding carboxylic acids is 2. The summed E-state index contributed by atoms with van der Waals surface area (Å²) >= 11 is 0. The minimum absolute atomic E-state index is 0.0275. The molecule has 1 aromatic carbocycles. The van der Waals surface area contributed by atoms with Gasteiger partial charge in [0.1, 0.15) is 11.5 Å². The molecule has 1 aliphatic heterocycles. The molecule has 0 saturated carbocycles. The van der Waals surface area contributed by atoms with Crippen molar-refractivity contribution in [2.45, 2.75) is 31.7 Å². The molecule has 1 saturated heterocycles. The van der Waals surface area contributed by atoms with Crippen molar-refractivity contribution >= 4 is 18.0 Å². The standard InChI is InChI=1S/C22H25FN2O3/c1-24-14-4-6-20(24)22(27)25-15-3-2-5-19(25)13-16-28-21(26)12-9-17-7-10-18(23)11-8-17/h4,6-12,14,19H,2-3,5,13,15-16H2,1H3. The number of hydrogen-bond donors (Lipinski definition) is 0. The minimum atomic E-state index is -0.444. The van der Waals surface area contributed by atoms with Gasteiger partial charge in [0.05, 0.1) is 6.61 Å². The van der Waals surface area contributed by atoms with E-state index in [9.17, 15) is 14.0 Å². The first-order valence-corrected chi connectivity index (χ1v) is 9.57. The number of esters is 1. The molecule has 1 aromatic heterocycles. The average molecular weight is 384 g/mol. The van der Waals surface area contributed by atoms with Crippen LogP contribution in [-0.2, 0) is 16.6 Å². The summed E-state index contributed by atoms with van der Waals surface area (Å²) in [5.41, 5.74) is 1.40. The van der Waals surface area contributed by atoms with E-state index >= 15 is 0 Å². The number of amides is 1. The normalized spacial score (nSPS) is 17.1. The van der Waals surface area contributed by atoms with Crippen LogP contribution in [0.15, 0.2) is 48.7 Å². The van der Waals surface area contributed by atoms with Gasteiger partial charge >= 0.3 is 5.97 Å². The molecule has 1 amide bonds. The van der Waals surface area contributed by atoms with Crippen LogP contribution in [0, 0.1) is 5.82 Å². The Kier molecular flexibility index (Phi) is 6.63. The molecule has 0 N–H and O–H groups in total. The summed E-state index contributed by atoms with van der Waals surface area (Å²) < 4.78 is 20.0. The summed E-state index contributed by atoms with van der Waals surface area (Å²) in [4.78, 5) is 26.6. The molecule has 28 heavy (non-hydrogen) atoms. The highest BCUT2D eigenvalue weighted by Gasteiger charge is 2.28. The molecule has 1 atom stereocenters. The number of aromatic nitrogens is 1. The Balaban J connectivity index is 1.50. The van der Waals surface area contributed by atoms with Crippen molar-refractivity contribution in [2.75, 3.05) is 13.2 Å². The molecule has 5 nitrogen and oxygen atoms in total. The van der Waals surface area contributed by atoms with Gasteiger partial charge in [-0.05, 0) is 55.2 Å². The molecule has 1 aliphatic rings. The van der Waals surface area contributed by atoms with Crippen LogP contribution in [-0.4, -0.2) is 40.5 Å². The van der Waals surface area contributed by atoms with Crippen LogP contribution in [0.2, 0.25) is 0 Å². The molecule has 3 rings (SSSR count). The van der Waals surface area contributed by atoms with E-state index in [2.05, 4.69) is 0 Å². The van der Waals surface area contributed by atoms with E-state index in [1.165, 1.54) is 18.2 Å². The zero-order valence-electron chi connectivity index (χ0n) is 16.0. The zero-order chi connectivity index (χ0) is 19.9. The van der Waals surface area contributed by atoms with Gasteiger partial charge in [0.25, 0.3) is 5.91 Å². The largest absolute Gasteiger partial charge is 0.462 e. The fourth-order valence-electron chi connectivity index (χ4n) is 3.48. The molecule has 0 bridgehead atoms. The van der Waals surface area contributed by atoms with E-state index in [0.717, 1.165) is 31.4 Å². The van der Waals surface area contributed by atoms with E-state index in [1.54, 1.807) is 18.2 Å². The second-order valence-electron chi connectivity index (χ2n) is 6.99. The number of ether oxygens (including phenoxy) is 1. The molecule has 0 spiro atoms. The smallest absolute Gasteiger partial charge is 0.330 e. The highest BCUT2D eigenvalue weighted by Crippen LogP contribution is 2.22. The fraction of sp³-hybridized carbons (Fsp3) is 0.364. The van der Waals surface area contributed by atoms with Crippen LogP contribution in [0.3, 0.4) is 0 Å². The van der Waals surface area contributed by atoms with E-state index in [1.807, 2.05) is 34.8 Å². The molecule has 148 valence electrons. The van der Waals surface area contributed by atoms with E-state index in [-0.39, 0.29) is 24.4 Å². The predicted molar refractivity (Wildman–Crippen MR) is 105 cm³/mol. The second-order valence-corrected chi connectivity index (χ2v) is 6.99. The molecule has 2 heterocycles. The maximum absolute atomic E-state index is 12.9. The number of likely N-dealkylation sites (tertiary alicyclic amines) is 1. The lowest BCUT2D eigenvalue weighted by atomic mass is 9.99. The molecule has 1 fully saturated rings. The molecule has 0 aliphatic carbocycles. The number of rotatable bonds is 6. The number of nitrogens with zero attached hydrogens (tertiary/aromatic N) is 2. The average Bonchev–Trinajstić information content (AvgIpc) is 3.13. The van der Waals surface area contributed by atoms with Crippen molar-refractivity contribution < 1.29 is 18.7 Å². The van der Waals surface area contributed by atoms with Gasteiger partial charge < -0.3 is 14.2 Å². The molecular weight excluding hydrogens is 359 g/mol. The van der Waals surface area contributed by atoms with Crippen molar-refractivity contribution in [2.24, 2.45) is 7.05 Å². The summed E-state index contributed by atoms with van der Waals surface area (Å²) in [6, 6.07) is 9.63. The first-order chi connectivity index (χ1) is 13.5. The molecule has 1 unspecified atom stereocenters. The Labute approximate surface area is 164 Å². The van der Waals surface area contributed by atoms with Crippen LogP contribution < -0.4 is 0 Å². The van der Waals surface area contributed by atoms with Crippen molar-refractivity contribution in [3.05, 3.63) is 65.7 Å². The minimum Gasteiger partial charge on any atom is -0.462 e. The second kappa shape index (κ2) is 9.35. The summed E-state index contributed by atoms with van der Waals surface area (Å²) in [5.74, 6) is -0.734. The van der Waals surface area contributed by atoms with Gasteiger partial charge in [-0.3, -0.25) is 4.79 Å². The first-order valence-electron chi connectivity index (χ1n) is 9.57. The lowest BCUT2D eigenvalue weighted by molar-refractivity contribution is -0.138. The van der Waals surface area contributed by atoms with Gasteiger partial charge in [0.15, 0.2) is 0 Å². The molecule has 0 radical (unpaired) electrons. The Hall–Kier alpha value is -2.89. The summed E-state index contributed by atoms with van der Waals surface area (Å²) in [7, 11) is 1.86. The third-order valence-electron chi connectivity index (χ3n) is 5.03. The summed E-state index contributed by atoms with van der Waals surface area (Å²) in [6.07, 6.45) is 8.38. The van der Waals surface area contributed by atoms with Crippen molar-refractivity contribution in [3.8, 4) is 0 Å². The quantitative estimate of drug-likeness (QED) is 0.562. The third kappa shape index (κ3) is 5.09. The number of carbonyl (C=O) groups is 2. The number of aryl methyl sites for hydroxylation is 1. The molecule has 2 aromatic rings. The van der Waals surface area contributed by atoms with Gasteiger partial charge in [0, 0.05) is 38.3 Å². The lowest BCUT2D eigenvalue weighted by Crippen LogP contribution is -2.44. The Bertz CT molecular complexity index is 842. The van der Waals surface area contributed by atoms with Gasteiger partial charge in [0.2, 0.25) is 0 Å². The van der Waals surface area contributed by atoms with E-state index in [4.69, 9.17) is 4.74 Å². The Morgan fingerprint density at radius 1 is 1.21 bits per heavy atom. The maximum atomic E-state index is 12.9. The van der Waals surface area contributed by atoms with Gasteiger partial charge in [-0.15, -0.1) is 0 Å². The van der Waals surface area contributed by atoms with Crippen LogP contribution >= 0.6 is 0 Å². The van der Waals surface area contributed by atoms with E-state index < -0.39 is 5.97 Å². The zero-order valence-corrected chi connectivity index (χ0v) is 16.0. The molecule has 6 heteroatoms. The Morgan fingerprint density at radius 2 is 2.00 bits per heavy atom. The van der Waals surface area contributed by atoms with Crippen LogP contribution in [0.1, 0.15) is 41.7 Å².